The van der Waals surface area contributed by atoms with Gasteiger partial charge in [0.1, 0.15) is 5.75 Å². The van der Waals surface area contributed by atoms with Crippen molar-refractivity contribution in [1.29, 1.82) is 0 Å². The van der Waals surface area contributed by atoms with Gasteiger partial charge in [-0.05, 0) is 43.9 Å². The quantitative estimate of drug-likeness (QED) is 0.770. The van der Waals surface area contributed by atoms with E-state index >= 15 is 0 Å². The van der Waals surface area contributed by atoms with E-state index in [1.807, 2.05) is 26.0 Å². The summed E-state index contributed by atoms with van der Waals surface area (Å²) in [4.78, 5) is 10.6. The molecule has 0 saturated heterocycles. The molecule has 1 aromatic carbocycles. The zero-order valence-electron chi connectivity index (χ0n) is 9.74. The maximum absolute atomic E-state index is 10.6. The Bertz CT molecular complexity index is 421. The number of aliphatic carboxylic acids is 1. The number of benzene rings is 1. The first-order valence-corrected chi connectivity index (χ1v) is 5.11. The average Bonchev–Trinajstić information content (AvgIpc) is 2.22. The summed E-state index contributed by atoms with van der Waals surface area (Å²) in [6.07, 6.45) is 2.24. The van der Waals surface area contributed by atoms with E-state index in [1.54, 1.807) is 13.0 Å². The molecule has 1 aromatic rings. The molecule has 3 heteroatoms. The third kappa shape index (κ3) is 2.86. The van der Waals surface area contributed by atoms with Crippen molar-refractivity contribution in [3.05, 3.63) is 40.5 Å². The van der Waals surface area contributed by atoms with E-state index in [4.69, 9.17) is 5.11 Å². The van der Waals surface area contributed by atoms with E-state index < -0.39 is 5.97 Å². The van der Waals surface area contributed by atoms with Crippen molar-refractivity contribution in [2.75, 3.05) is 0 Å². The summed E-state index contributed by atoms with van der Waals surface area (Å²) < 4.78 is 0. The molecule has 0 bridgehead atoms. The molecule has 0 saturated carbocycles. The van der Waals surface area contributed by atoms with Crippen molar-refractivity contribution in [2.45, 2.75) is 27.2 Å². The maximum Gasteiger partial charge on any atom is 0.330 e. The van der Waals surface area contributed by atoms with E-state index in [0.29, 0.717) is 17.7 Å². The molecule has 2 N–H and O–H groups in total. The summed E-state index contributed by atoms with van der Waals surface area (Å²) >= 11 is 0. The SMILES string of the molecule is CC(=CCc1cc(C)c(O)c(C)c1)C(=O)O. The topological polar surface area (TPSA) is 57.5 Å². The summed E-state index contributed by atoms with van der Waals surface area (Å²) in [5.41, 5.74) is 2.98. The molecule has 0 atom stereocenters. The molecule has 0 fully saturated rings. The number of aryl methyl sites for hydroxylation is 2. The van der Waals surface area contributed by atoms with Crippen LogP contribution in [0.4, 0.5) is 0 Å². The van der Waals surface area contributed by atoms with Crippen molar-refractivity contribution in [1.82, 2.24) is 0 Å². The number of phenols is 1. The molecule has 0 amide bonds. The Balaban J connectivity index is 2.91. The molecule has 0 aliphatic rings. The van der Waals surface area contributed by atoms with Crippen LogP contribution in [0.3, 0.4) is 0 Å². The minimum Gasteiger partial charge on any atom is -0.507 e. The fourth-order valence-corrected chi connectivity index (χ4v) is 1.52. The highest BCUT2D eigenvalue weighted by Gasteiger charge is 2.03. The van der Waals surface area contributed by atoms with Crippen molar-refractivity contribution < 1.29 is 15.0 Å². The van der Waals surface area contributed by atoms with Crippen LogP contribution in [-0.2, 0) is 11.2 Å². The van der Waals surface area contributed by atoms with Crippen LogP contribution in [0.25, 0.3) is 0 Å². The lowest BCUT2D eigenvalue weighted by molar-refractivity contribution is -0.132. The van der Waals surface area contributed by atoms with Gasteiger partial charge in [0.25, 0.3) is 0 Å². The van der Waals surface area contributed by atoms with E-state index in [-0.39, 0.29) is 0 Å². The highest BCUT2D eigenvalue weighted by Crippen LogP contribution is 2.23. The minimum atomic E-state index is -0.896. The number of carbonyl (C=O) groups is 1. The number of carboxylic acid groups (broad SMARTS) is 1. The van der Waals surface area contributed by atoms with E-state index in [9.17, 15) is 9.90 Å². The van der Waals surface area contributed by atoms with Crippen LogP contribution in [-0.4, -0.2) is 16.2 Å². The highest BCUT2D eigenvalue weighted by atomic mass is 16.4. The number of hydrogen-bond acceptors (Lipinski definition) is 2. The molecule has 16 heavy (non-hydrogen) atoms. The standard InChI is InChI=1S/C13H16O3/c1-8(13(15)16)4-5-11-6-9(2)12(14)10(3)7-11/h4,6-7,14H,5H2,1-3H3,(H,15,16). The van der Waals surface area contributed by atoms with Crippen LogP contribution in [0.2, 0.25) is 0 Å². The van der Waals surface area contributed by atoms with Crippen molar-refractivity contribution in [3.63, 3.8) is 0 Å². The molecule has 3 nitrogen and oxygen atoms in total. The van der Waals surface area contributed by atoms with Gasteiger partial charge in [-0.3, -0.25) is 0 Å². The van der Waals surface area contributed by atoms with Gasteiger partial charge in [-0.15, -0.1) is 0 Å². The number of carboxylic acids is 1. The van der Waals surface area contributed by atoms with Gasteiger partial charge in [0.2, 0.25) is 0 Å². The van der Waals surface area contributed by atoms with Crippen molar-refractivity contribution in [3.8, 4) is 5.75 Å². The zero-order chi connectivity index (χ0) is 12.3. The lowest BCUT2D eigenvalue weighted by atomic mass is 10.0. The lowest BCUT2D eigenvalue weighted by Gasteiger charge is -2.06. The first-order chi connectivity index (χ1) is 7.41. The van der Waals surface area contributed by atoms with Crippen molar-refractivity contribution >= 4 is 5.97 Å². The summed E-state index contributed by atoms with van der Waals surface area (Å²) in [7, 11) is 0. The molecule has 0 heterocycles. The molecule has 0 radical (unpaired) electrons. The van der Waals surface area contributed by atoms with Gasteiger partial charge in [-0.2, -0.15) is 0 Å². The fourth-order valence-electron chi connectivity index (χ4n) is 1.52. The molecule has 0 aliphatic heterocycles. The molecule has 1 rings (SSSR count). The van der Waals surface area contributed by atoms with Crippen LogP contribution in [0, 0.1) is 13.8 Å². The van der Waals surface area contributed by atoms with Gasteiger partial charge < -0.3 is 10.2 Å². The van der Waals surface area contributed by atoms with Gasteiger partial charge >= 0.3 is 5.97 Å². The first kappa shape index (κ1) is 12.3. The van der Waals surface area contributed by atoms with Crippen LogP contribution >= 0.6 is 0 Å². The summed E-state index contributed by atoms with van der Waals surface area (Å²) in [5, 5.41) is 18.3. The third-order valence-corrected chi connectivity index (χ3v) is 2.53. The Hall–Kier alpha value is -1.77. The largest absolute Gasteiger partial charge is 0.507 e. The number of phenolic OH excluding ortho intramolecular Hbond substituents is 1. The minimum absolute atomic E-state index is 0.308. The Morgan fingerprint density at radius 1 is 1.31 bits per heavy atom. The Morgan fingerprint density at radius 2 is 1.81 bits per heavy atom. The highest BCUT2D eigenvalue weighted by molar-refractivity contribution is 5.85. The smallest absolute Gasteiger partial charge is 0.330 e. The molecule has 0 spiro atoms. The Labute approximate surface area is 95.0 Å². The Morgan fingerprint density at radius 3 is 2.25 bits per heavy atom. The Kier molecular flexibility index (Phi) is 3.72. The second-order valence-electron chi connectivity index (χ2n) is 3.97. The number of allylic oxidation sites excluding steroid dienone is 1. The van der Waals surface area contributed by atoms with E-state index in [2.05, 4.69) is 0 Å². The monoisotopic (exact) mass is 220 g/mol. The van der Waals surface area contributed by atoms with Gasteiger partial charge in [0, 0.05) is 5.57 Å². The summed E-state index contributed by atoms with van der Waals surface area (Å²) in [6.45, 7) is 5.24. The first-order valence-electron chi connectivity index (χ1n) is 5.11. The number of aromatic hydroxyl groups is 1. The van der Waals surface area contributed by atoms with E-state index in [0.717, 1.165) is 16.7 Å². The maximum atomic E-state index is 10.6. The number of rotatable bonds is 3. The molecular formula is C13H16O3. The van der Waals surface area contributed by atoms with Gasteiger partial charge in [-0.25, -0.2) is 4.79 Å². The van der Waals surface area contributed by atoms with Gasteiger partial charge in [0.05, 0.1) is 0 Å². The second kappa shape index (κ2) is 4.84. The van der Waals surface area contributed by atoms with Crippen LogP contribution < -0.4 is 0 Å². The molecule has 0 aromatic heterocycles. The van der Waals surface area contributed by atoms with Gasteiger partial charge in [0.15, 0.2) is 0 Å². The number of hydrogen-bond donors (Lipinski definition) is 2. The zero-order valence-corrected chi connectivity index (χ0v) is 9.74. The van der Waals surface area contributed by atoms with Crippen LogP contribution in [0.15, 0.2) is 23.8 Å². The lowest BCUT2D eigenvalue weighted by Crippen LogP contribution is -1.97. The third-order valence-electron chi connectivity index (χ3n) is 2.53. The predicted octanol–water partition coefficient (Wildman–Crippen LogP) is 2.58. The molecule has 0 unspecified atom stereocenters. The molecule has 0 aliphatic carbocycles. The van der Waals surface area contributed by atoms with Gasteiger partial charge in [-0.1, -0.05) is 18.2 Å². The van der Waals surface area contributed by atoms with Crippen LogP contribution in [0.5, 0.6) is 5.75 Å². The summed E-state index contributed by atoms with van der Waals surface area (Å²) in [6, 6.07) is 3.74. The predicted molar refractivity (Wildman–Crippen MR) is 62.7 cm³/mol. The average molecular weight is 220 g/mol. The fraction of sp³-hybridized carbons (Fsp3) is 0.308. The molecule has 86 valence electrons. The summed E-state index contributed by atoms with van der Waals surface area (Å²) in [5.74, 6) is -0.588. The molecular weight excluding hydrogens is 204 g/mol. The normalized spacial score (nSPS) is 11.6. The van der Waals surface area contributed by atoms with E-state index in [1.165, 1.54) is 0 Å². The van der Waals surface area contributed by atoms with Crippen LogP contribution in [0.1, 0.15) is 23.6 Å². The second-order valence-corrected chi connectivity index (χ2v) is 3.97. The van der Waals surface area contributed by atoms with Crippen molar-refractivity contribution in [2.24, 2.45) is 0 Å².